The van der Waals surface area contributed by atoms with Crippen molar-refractivity contribution in [2.45, 2.75) is 27.7 Å². The van der Waals surface area contributed by atoms with Crippen LogP contribution in [0.4, 0.5) is 11.4 Å². The van der Waals surface area contributed by atoms with Crippen LogP contribution in [0.5, 0.6) is 5.75 Å². The molecule has 0 saturated carbocycles. The first kappa shape index (κ1) is 17.5. The molecule has 0 atom stereocenters. The lowest BCUT2D eigenvalue weighted by Gasteiger charge is -2.13. The predicted octanol–water partition coefficient (Wildman–Crippen LogP) is 3.85. The van der Waals surface area contributed by atoms with Crippen LogP contribution in [0.3, 0.4) is 0 Å². The molecule has 1 amide bonds. The van der Waals surface area contributed by atoms with Crippen molar-refractivity contribution in [2.75, 3.05) is 11.9 Å². The number of non-ortho nitro benzene ring substituents is 1. The van der Waals surface area contributed by atoms with E-state index in [1.165, 1.54) is 12.1 Å². The van der Waals surface area contributed by atoms with E-state index in [-0.39, 0.29) is 18.2 Å². The number of carbonyl (C=O) groups is 1. The van der Waals surface area contributed by atoms with Crippen molar-refractivity contribution in [3.63, 3.8) is 0 Å². The fraction of sp³-hybridized carbons (Fsp3) is 0.278. The Balaban J connectivity index is 2.08. The van der Waals surface area contributed by atoms with Crippen molar-refractivity contribution in [1.29, 1.82) is 0 Å². The van der Waals surface area contributed by atoms with Gasteiger partial charge in [0.15, 0.2) is 6.61 Å². The smallest absolute Gasteiger partial charge is 0.270 e. The van der Waals surface area contributed by atoms with Crippen LogP contribution in [0.25, 0.3) is 0 Å². The van der Waals surface area contributed by atoms with Gasteiger partial charge in [-0.3, -0.25) is 14.9 Å². The number of nitro groups is 1. The highest BCUT2D eigenvalue weighted by atomic mass is 16.6. The predicted molar refractivity (Wildman–Crippen MR) is 92.6 cm³/mol. The van der Waals surface area contributed by atoms with E-state index in [1.807, 2.05) is 32.0 Å². The summed E-state index contributed by atoms with van der Waals surface area (Å²) in [6.45, 7) is 7.24. The van der Waals surface area contributed by atoms with Gasteiger partial charge < -0.3 is 10.1 Å². The number of hydrogen-bond acceptors (Lipinski definition) is 4. The topological polar surface area (TPSA) is 81.5 Å². The molecule has 0 aliphatic carbocycles. The Morgan fingerprint density at radius 3 is 2.33 bits per heavy atom. The van der Waals surface area contributed by atoms with Gasteiger partial charge in [0.05, 0.1) is 4.92 Å². The fourth-order valence-electron chi connectivity index (χ4n) is 2.44. The first-order valence-electron chi connectivity index (χ1n) is 7.54. The third-order valence-electron chi connectivity index (χ3n) is 3.91. The quantitative estimate of drug-likeness (QED) is 0.668. The van der Waals surface area contributed by atoms with Crippen LogP contribution < -0.4 is 10.1 Å². The van der Waals surface area contributed by atoms with Crippen LogP contribution in [0.2, 0.25) is 0 Å². The molecule has 0 saturated heterocycles. The molecule has 0 radical (unpaired) electrons. The van der Waals surface area contributed by atoms with Crippen molar-refractivity contribution in [2.24, 2.45) is 0 Å². The molecule has 2 rings (SSSR count). The second kappa shape index (κ2) is 7.12. The third-order valence-corrected chi connectivity index (χ3v) is 3.91. The molecule has 0 aliphatic rings. The molecule has 0 bridgehead atoms. The lowest BCUT2D eigenvalue weighted by Crippen LogP contribution is -2.21. The molecule has 6 heteroatoms. The molecular weight excluding hydrogens is 308 g/mol. The van der Waals surface area contributed by atoms with Crippen LogP contribution in [0, 0.1) is 37.8 Å². The number of carbonyl (C=O) groups excluding carboxylic acids is 1. The molecule has 6 nitrogen and oxygen atoms in total. The maximum Gasteiger partial charge on any atom is 0.270 e. The minimum absolute atomic E-state index is 0.00892. The minimum Gasteiger partial charge on any atom is -0.483 e. The Morgan fingerprint density at radius 1 is 1.12 bits per heavy atom. The van der Waals surface area contributed by atoms with Crippen molar-refractivity contribution in [3.8, 4) is 5.75 Å². The zero-order valence-electron chi connectivity index (χ0n) is 14.2. The zero-order chi connectivity index (χ0) is 17.9. The number of hydrogen-bond donors (Lipinski definition) is 1. The third kappa shape index (κ3) is 3.90. The van der Waals surface area contributed by atoms with E-state index in [0.717, 1.165) is 11.1 Å². The number of nitro benzene ring substituents is 1. The van der Waals surface area contributed by atoms with Gasteiger partial charge in [0.2, 0.25) is 0 Å². The molecule has 126 valence electrons. The summed E-state index contributed by atoms with van der Waals surface area (Å²) in [6.07, 6.45) is 0. The van der Waals surface area contributed by atoms with Gasteiger partial charge in [0.25, 0.3) is 11.6 Å². The number of anilines is 1. The van der Waals surface area contributed by atoms with Gasteiger partial charge in [-0.1, -0.05) is 12.1 Å². The average molecular weight is 328 g/mol. The monoisotopic (exact) mass is 328 g/mol. The van der Waals surface area contributed by atoms with Crippen LogP contribution in [-0.4, -0.2) is 17.4 Å². The van der Waals surface area contributed by atoms with Gasteiger partial charge in [-0.25, -0.2) is 0 Å². The normalized spacial score (nSPS) is 10.3. The van der Waals surface area contributed by atoms with Crippen LogP contribution in [0.15, 0.2) is 30.3 Å². The number of nitrogens with one attached hydrogen (secondary N) is 1. The summed E-state index contributed by atoms with van der Waals surface area (Å²) < 4.78 is 5.57. The maximum absolute atomic E-state index is 12.1. The lowest BCUT2D eigenvalue weighted by molar-refractivity contribution is -0.384. The van der Waals surface area contributed by atoms with Crippen LogP contribution >= 0.6 is 0 Å². The largest absolute Gasteiger partial charge is 0.483 e. The highest BCUT2D eigenvalue weighted by molar-refractivity contribution is 5.93. The van der Waals surface area contributed by atoms with E-state index in [4.69, 9.17) is 4.74 Å². The Hall–Kier alpha value is -2.89. The summed E-state index contributed by atoms with van der Waals surface area (Å²) >= 11 is 0. The summed E-state index contributed by atoms with van der Waals surface area (Å²) in [5.74, 6) is 0.359. The van der Waals surface area contributed by atoms with Gasteiger partial charge in [-0.15, -0.1) is 0 Å². The molecule has 2 aromatic carbocycles. The first-order chi connectivity index (χ1) is 11.3. The van der Waals surface area contributed by atoms with Crippen molar-refractivity contribution in [1.82, 2.24) is 0 Å². The average Bonchev–Trinajstić information content (AvgIpc) is 2.52. The number of nitrogens with zero attached hydrogens (tertiary/aromatic N) is 1. The molecule has 0 spiro atoms. The highest BCUT2D eigenvalue weighted by Crippen LogP contribution is 2.26. The first-order valence-corrected chi connectivity index (χ1v) is 7.54. The number of benzene rings is 2. The van der Waals surface area contributed by atoms with Crippen LogP contribution in [-0.2, 0) is 4.79 Å². The molecule has 0 aromatic heterocycles. The highest BCUT2D eigenvalue weighted by Gasteiger charge is 2.14. The van der Waals surface area contributed by atoms with Gasteiger partial charge >= 0.3 is 0 Å². The molecule has 24 heavy (non-hydrogen) atoms. The van der Waals surface area contributed by atoms with E-state index in [2.05, 4.69) is 5.32 Å². The molecule has 1 N–H and O–H groups in total. The fourth-order valence-corrected chi connectivity index (χ4v) is 2.44. The number of ether oxygens (including phenoxy) is 1. The maximum atomic E-state index is 12.1. The Kier molecular flexibility index (Phi) is 5.18. The van der Waals surface area contributed by atoms with E-state index in [9.17, 15) is 14.9 Å². The van der Waals surface area contributed by atoms with E-state index in [0.29, 0.717) is 22.6 Å². The summed E-state index contributed by atoms with van der Waals surface area (Å²) in [4.78, 5) is 22.5. The van der Waals surface area contributed by atoms with Gasteiger partial charge in [0, 0.05) is 17.8 Å². The Morgan fingerprint density at radius 2 is 1.75 bits per heavy atom. The SMILES string of the molecule is Cc1cccc(OCC(=O)Nc2c(C)cc([N+](=O)[O-])cc2C)c1C. The van der Waals surface area contributed by atoms with Gasteiger partial charge in [0.1, 0.15) is 5.75 Å². The molecule has 0 aliphatic heterocycles. The second-order valence-corrected chi connectivity index (χ2v) is 5.75. The lowest BCUT2D eigenvalue weighted by atomic mass is 10.1. The number of rotatable bonds is 5. The molecule has 0 unspecified atom stereocenters. The molecule has 0 heterocycles. The van der Waals surface area contributed by atoms with Crippen molar-refractivity contribution < 1.29 is 14.5 Å². The summed E-state index contributed by atoms with van der Waals surface area (Å²) in [5, 5.41) is 13.6. The Bertz CT molecular complexity index is 777. The molecule has 0 fully saturated rings. The number of aryl methyl sites for hydroxylation is 3. The van der Waals surface area contributed by atoms with Gasteiger partial charge in [-0.05, 0) is 56.0 Å². The Labute approximate surface area is 140 Å². The van der Waals surface area contributed by atoms with Crippen LogP contribution in [0.1, 0.15) is 22.3 Å². The summed E-state index contributed by atoms with van der Waals surface area (Å²) in [6, 6.07) is 8.55. The summed E-state index contributed by atoms with van der Waals surface area (Å²) in [7, 11) is 0. The summed E-state index contributed by atoms with van der Waals surface area (Å²) in [5.41, 5.74) is 3.95. The van der Waals surface area contributed by atoms with E-state index in [1.54, 1.807) is 13.8 Å². The zero-order valence-corrected chi connectivity index (χ0v) is 14.2. The van der Waals surface area contributed by atoms with Crippen molar-refractivity contribution in [3.05, 3.63) is 62.7 Å². The van der Waals surface area contributed by atoms with Gasteiger partial charge in [-0.2, -0.15) is 0 Å². The second-order valence-electron chi connectivity index (χ2n) is 5.75. The molecule has 2 aromatic rings. The molecular formula is C18H20N2O4. The minimum atomic E-state index is -0.449. The van der Waals surface area contributed by atoms with E-state index < -0.39 is 4.92 Å². The van der Waals surface area contributed by atoms with Crippen molar-refractivity contribution >= 4 is 17.3 Å². The standard InChI is InChI=1S/C18H20N2O4/c1-11-6-5-7-16(14(11)4)24-10-17(21)19-18-12(2)8-15(20(22)23)9-13(18)3/h5-9H,10H2,1-4H3,(H,19,21). The van der Waals surface area contributed by atoms with E-state index >= 15 is 0 Å². The number of amides is 1.